The van der Waals surface area contributed by atoms with Gasteiger partial charge in [0.2, 0.25) is 0 Å². The van der Waals surface area contributed by atoms with Gasteiger partial charge in [-0.2, -0.15) is 5.10 Å². The third kappa shape index (κ3) is 4.91. The Kier molecular flexibility index (Phi) is 5.80. The van der Waals surface area contributed by atoms with Gasteiger partial charge in [-0.1, -0.05) is 30.3 Å². The summed E-state index contributed by atoms with van der Waals surface area (Å²) in [5, 5.41) is 9.63. The molecular weight excluding hydrogens is 350 g/mol. The highest BCUT2D eigenvalue weighted by atomic mass is 19.1. The molecule has 7 heteroatoms. The summed E-state index contributed by atoms with van der Waals surface area (Å²) in [6.07, 6.45) is 3.58. The first-order chi connectivity index (χ1) is 13.0. The first-order valence-corrected chi connectivity index (χ1v) is 8.56. The standard InChI is InChI=1S/C20H20F2N4O/c1-14(18-8-7-17(21)11-19(18)22)25-20(27)23-12-15-5-2-3-6-16(15)13-26-10-4-9-24-26/h2-11,14H,12-13H2,1H3,(H2,23,25,27). The van der Waals surface area contributed by atoms with E-state index in [1.54, 1.807) is 17.8 Å². The van der Waals surface area contributed by atoms with Gasteiger partial charge in [0, 0.05) is 30.6 Å². The molecule has 0 saturated carbocycles. The molecular formula is C20H20F2N4O. The lowest BCUT2D eigenvalue weighted by atomic mass is 10.1. The van der Waals surface area contributed by atoms with Gasteiger partial charge in [-0.25, -0.2) is 13.6 Å². The van der Waals surface area contributed by atoms with Crippen molar-refractivity contribution in [2.45, 2.75) is 26.1 Å². The van der Waals surface area contributed by atoms with Crippen LogP contribution in [0.3, 0.4) is 0 Å². The molecule has 1 atom stereocenters. The molecule has 1 aromatic heterocycles. The van der Waals surface area contributed by atoms with Crippen LogP contribution in [0.1, 0.15) is 29.7 Å². The van der Waals surface area contributed by atoms with Crippen LogP contribution in [0, 0.1) is 11.6 Å². The van der Waals surface area contributed by atoms with E-state index >= 15 is 0 Å². The SMILES string of the molecule is CC(NC(=O)NCc1ccccc1Cn1cccn1)c1ccc(F)cc1F. The Morgan fingerprint density at radius 1 is 1.15 bits per heavy atom. The highest BCUT2D eigenvalue weighted by Gasteiger charge is 2.14. The molecule has 2 aromatic carbocycles. The molecule has 0 spiro atoms. The molecule has 0 aliphatic heterocycles. The molecule has 1 heterocycles. The lowest BCUT2D eigenvalue weighted by Gasteiger charge is -2.16. The van der Waals surface area contributed by atoms with Crippen LogP contribution >= 0.6 is 0 Å². The molecule has 0 fully saturated rings. The highest BCUT2D eigenvalue weighted by Crippen LogP contribution is 2.17. The number of halogens is 2. The molecule has 5 nitrogen and oxygen atoms in total. The molecule has 0 aliphatic rings. The van der Waals surface area contributed by atoms with Gasteiger partial charge in [-0.3, -0.25) is 4.68 Å². The van der Waals surface area contributed by atoms with Gasteiger partial charge < -0.3 is 10.6 Å². The Balaban J connectivity index is 1.59. The van der Waals surface area contributed by atoms with Crippen molar-refractivity contribution in [2.75, 3.05) is 0 Å². The fourth-order valence-corrected chi connectivity index (χ4v) is 2.81. The normalized spacial score (nSPS) is 11.8. The Hall–Kier alpha value is -3.22. The second kappa shape index (κ2) is 8.44. The zero-order chi connectivity index (χ0) is 19.2. The molecule has 0 saturated heterocycles. The molecule has 1 unspecified atom stereocenters. The molecule has 140 valence electrons. The Labute approximate surface area is 156 Å². The average Bonchev–Trinajstić information content (AvgIpc) is 3.14. The molecule has 2 amide bonds. The fraction of sp³-hybridized carbons (Fsp3) is 0.200. The number of amides is 2. The quantitative estimate of drug-likeness (QED) is 0.694. The van der Waals surface area contributed by atoms with E-state index in [0.717, 1.165) is 17.2 Å². The maximum atomic E-state index is 13.8. The van der Waals surface area contributed by atoms with Crippen molar-refractivity contribution in [1.29, 1.82) is 0 Å². The lowest BCUT2D eigenvalue weighted by molar-refractivity contribution is 0.237. The van der Waals surface area contributed by atoms with E-state index in [1.807, 2.05) is 36.5 Å². The third-order valence-electron chi connectivity index (χ3n) is 4.23. The molecule has 0 aliphatic carbocycles. The van der Waals surface area contributed by atoms with Gasteiger partial charge in [0.25, 0.3) is 0 Å². The second-order valence-electron chi connectivity index (χ2n) is 6.19. The van der Waals surface area contributed by atoms with Crippen molar-refractivity contribution in [2.24, 2.45) is 0 Å². The largest absolute Gasteiger partial charge is 0.334 e. The first-order valence-electron chi connectivity index (χ1n) is 8.56. The summed E-state index contributed by atoms with van der Waals surface area (Å²) < 4.78 is 28.6. The summed E-state index contributed by atoms with van der Waals surface area (Å²) in [4.78, 5) is 12.2. The average molecular weight is 370 g/mol. The highest BCUT2D eigenvalue weighted by molar-refractivity contribution is 5.74. The second-order valence-corrected chi connectivity index (χ2v) is 6.19. The molecule has 3 rings (SSSR count). The van der Waals surface area contributed by atoms with Gasteiger partial charge in [-0.15, -0.1) is 0 Å². The number of urea groups is 1. The van der Waals surface area contributed by atoms with E-state index in [9.17, 15) is 13.6 Å². The van der Waals surface area contributed by atoms with Crippen LogP contribution in [-0.4, -0.2) is 15.8 Å². The number of carbonyl (C=O) groups is 1. The minimum absolute atomic E-state index is 0.227. The predicted octanol–water partition coefficient (Wildman–Crippen LogP) is 3.77. The smallest absolute Gasteiger partial charge is 0.315 e. The number of rotatable bonds is 6. The Morgan fingerprint density at radius 2 is 1.93 bits per heavy atom. The number of hydrogen-bond donors (Lipinski definition) is 2. The molecule has 0 bridgehead atoms. The minimum atomic E-state index is -0.688. The number of aromatic nitrogens is 2. The fourth-order valence-electron chi connectivity index (χ4n) is 2.81. The van der Waals surface area contributed by atoms with Gasteiger partial charge >= 0.3 is 6.03 Å². The maximum absolute atomic E-state index is 13.8. The number of hydrogen-bond acceptors (Lipinski definition) is 2. The summed E-state index contributed by atoms with van der Waals surface area (Å²) in [6.45, 7) is 2.56. The van der Waals surface area contributed by atoms with Gasteiger partial charge in [-0.05, 0) is 30.2 Å². The zero-order valence-corrected chi connectivity index (χ0v) is 14.8. The number of carbonyl (C=O) groups excluding carboxylic acids is 1. The van der Waals surface area contributed by atoms with Gasteiger partial charge in [0.1, 0.15) is 11.6 Å². The van der Waals surface area contributed by atoms with Crippen molar-refractivity contribution in [3.63, 3.8) is 0 Å². The van der Waals surface area contributed by atoms with Crippen LogP contribution in [0.4, 0.5) is 13.6 Å². The third-order valence-corrected chi connectivity index (χ3v) is 4.23. The van der Waals surface area contributed by atoms with Crippen molar-refractivity contribution in [3.05, 3.63) is 89.2 Å². The van der Waals surface area contributed by atoms with E-state index in [2.05, 4.69) is 15.7 Å². The van der Waals surface area contributed by atoms with Crippen LogP contribution < -0.4 is 10.6 Å². The summed E-state index contributed by atoms with van der Waals surface area (Å²) in [7, 11) is 0. The minimum Gasteiger partial charge on any atom is -0.334 e. The summed E-state index contributed by atoms with van der Waals surface area (Å²) in [6, 6.07) is 11.9. The van der Waals surface area contributed by atoms with E-state index in [4.69, 9.17) is 0 Å². The van der Waals surface area contributed by atoms with E-state index in [1.165, 1.54) is 12.1 Å². The Bertz CT molecular complexity index is 912. The van der Waals surface area contributed by atoms with Crippen LogP contribution in [0.15, 0.2) is 60.9 Å². The van der Waals surface area contributed by atoms with Gasteiger partial charge in [0.15, 0.2) is 0 Å². The molecule has 27 heavy (non-hydrogen) atoms. The van der Waals surface area contributed by atoms with Crippen molar-refractivity contribution in [1.82, 2.24) is 20.4 Å². The zero-order valence-electron chi connectivity index (χ0n) is 14.8. The van der Waals surface area contributed by atoms with Gasteiger partial charge in [0.05, 0.1) is 12.6 Å². The first kappa shape index (κ1) is 18.6. The van der Waals surface area contributed by atoms with Crippen LogP contribution in [0.25, 0.3) is 0 Å². The van der Waals surface area contributed by atoms with Crippen LogP contribution in [-0.2, 0) is 13.1 Å². The summed E-state index contributed by atoms with van der Waals surface area (Å²) >= 11 is 0. The molecule has 2 N–H and O–H groups in total. The van der Waals surface area contributed by atoms with Crippen molar-refractivity contribution in [3.8, 4) is 0 Å². The lowest BCUT2D eigenvalue weighted by Crippen LogP contribution is -2.37. The summed E-state index contributed by atoms with van der Waals surface area (Å²) in [5.41, 5.74) is 2.23. The number of benzene rings is 2. The number of nitrogens with zero attached hydrogens (tertiary/aromatic N) is 2. The monoisotopic (exact) mass is 370 g/mol. The molecule has 0 radical (unpaired) electrons. The van der Waals surface area contributed by atoms with Crippen molar-refractivity contribution < 1.29 is 13.6 Å². The maximum Gasteiger partial charge on any atom is 0.315 e. The van der Waals surface area contributed by atoms with Crippen LogP contribution in [0.5, 0.6) is 0 Å². The van der Waals surface area contributed by atoms with E-state index in [0.29, 0.717) is 13.1 Å². The van der Waals surface area contributed by atoms with E-state index < -0.39 is 23.7 Å². The van der Waals surface area contributed by atoms with E-state index in [-0.39, 0.29) is 5.56 Å². The number of nitrogens with one attached hydrogen (secondary N) is 2. The molecule has 3 aromatic rings. The topological polar surface area (TPSA) is 59.0 Å². The summed E-state index contributed by atoms with van der Waals surface area (Å²) in [5.74, 6) is -1.34. The Morgan fingerprint density at radius 3 is 2.63 bits per heavy atom. The van der Waals surface area contributed by atoms with Crippen molar-refractivity contribution >= 4 is 6.03 Å². The van der Waals surface area contributed by atoms with Crippen LogP contribution in [0.2, 0.25) is 0 Å². The predicted molar refractivity (Wildman–Crippen MR) is 97.9 cm³/mol.